The largest absolute Gasteiger partial charge is 0.345 e. The topological polar surface area (TPSA) is 86.5 Å². The van der Waals surface area contributed by atoms with Crippen LogP contribution in [0.5, 0.6) is 0 Å². The van der Waals surface area contributed by atoms with Crippen molar-refractivity contribution < 1.29 is 4.79 Å². The molecule has 16 heavy (non-hydrogen) atoms. The number of aromatic nitrogens is 4. The Morgan fingerprint density at radius 3 is 2.88 bits per heavy atom. The molecule has 0 fully saturated rings. The molecule has 0 aliphatic carbocycles. The van der Waals surface area contributed by atoms with E-state index in [1.54, 1.807) is 12.4 Å². The zero-order valence-electron chi connectivity index (χ0n) is 9.16. The number of H-pyrrole nitrogens is 2. The molecular formula is C10H13N5O. The second-order valence-electron chi connectivity index (χ2n) is 3.53. The van der Waals surface area contributed by atoms with E-state index in [0.717, 1.165) is 17.0 Å². The minimum Gasteiger partial charge on any atom is -0.345 e. The van der Waals surface area contributed by atoms with E-state index in [1.807, 2.05) is 13.8 Å². The number of carbonyl (C=O) groups excluding carboxylic acids is 1. The molecule has 0 unspecified atom stereocenters. The Morgan fingerprint density at radius 1 is 1.50 bits per heavy atom. The van der Waals surface area contributed by atoms with Crippen molar-refractivity contribution in [1.82, 2.24) is 25.5 Å². The van der Waals surface area contributed by atoms with E-state index in [0.29, 0.717) is 12.4 Å². The van der Waals surface area contributed by atoms with Crippen LogP contribution >= 0.6 is 0 Å². The van der Waals surface area contributed by atoms with Crippen LogP contribution in [0.3, 0.4) is 0 Å². The zero-order valence-corrected chi connectivity index (χ0v) is 9.16. The van der Waals surface area contributed by atoms with Gasteiger partial charge in [0.25, 0.3) is 5.91 Å². The van der Waals surface area contributed by atoms with Gasteiger partial charge in [0.15, 0.2) is 5.82 Å². The van der Waals surface area contributed by atoms with Crippen LogP contribution < -0.4 is 5.32 Å². The Morgan fingerprint density at radius 2 is 2.31 bits per heavy atom. The first-order chi connectivity index (χ1) is 7.68. The molecule has 2 rings (SSSR count). The predicted molar refractivity (Wildman–Crippen MR) is 57.8 cm³/mol. The normalized spacial score (nSPS) is 10.4. The number of rotatable bonds is 3. The minimum atomic E-state index is -0.218. The Labute approximate surface area is 92.5 Å². The van der Waals surface area contributed by atoms with Crippen molar-refractivity contribution in [2.45, 2.75) is 20.4 Å². The smallest absolute Gasteiger partial charge is 0.287 e. The van der Waals surface area contributed by atoms with Gasteiger partial charge in [-0.1, -0.05) is 0 Å². The third kappa shape index (κ3) is 1.95. The van der Waals surface area contributed by atoms with Gasteiger partial charge in [0.2, 0.25) is 0 Å². The summed E-state index contributed by atoms with van der Waals surface area (Å²) in [6, 6.07) is 0. The van der Waals surface area contributed by atoms with E-state index < -0.39 is 0 Å². The third-order valence-corrected chi connectivity index (χ3v) is 2.42. The molecule has 0 saturated carbocycles. The quantitative estimate of drug-likeness (QED) is 0.709. The van der Waals surface area contributed by atoms with E-state index in [2.05, 4.69) is 25.5 Å². The van der Waals surface area contributed by atoms with E-state index >= 15 is 0 Å². The first-order valence-electron chi connectivity index (χ1n) is 4.96. The Hall–Kier alpha value is -2.11. The highest BCUT2D eigenvalue weighted by molar-refractivity contribution is 5.90. The van der Waals surface area contributed by atoms with Crippen molar-refractivity contribution in [2.24, 2.45) is 0 Å². The summed E-state index contributed by atoms with van der Waals surface area (Å²) < 4.78 is 0. The van der Waals surface area contributed by atoms with Gasteiger partial charge in [-0.15, -0.1) is 0 Å². The summed E-state index contributed by atoms with van der Waals surface area (Å²) in [5, 5.41) is 9.70. The maximum Gasteiger partial charge on any atom is 0.287 e. The monoisotopic (exact) mass is 219 g/mol. The van der Waals surface area contributed by atoms with Gasteiger partial charge >= 0.3 is 0 Å². The SMILES string of the molecule is Cc1n[nH]c(C)c1CNC(=O)c1ncc[nH]1. The fourth-order valence-electron chi connectivity index (χ4n) is 1.48. The molecule has 2 aromatic heterocycles. The van der Waals surface area contributed by atoms with Crippen LogP contribution in [0.1, 0.15) is 27.6 Å². The van der Waals surface area contributed by atoms with Gasteiger partial charge in [0.1, 0.15) is 0 Å². The Balaban J connectivity index is 2.01. The average Bonchev–Trinajstić information content (AvgIpc) is 2.87. The minimum absolute atomic E-state index is 0.218. The molecule has 0 atom stereocenters. The average molecular weight is 219 g/mol. The molecule has 0 spiro atoms. The van der Waals surface area contributed by atoms with Gasteiger partial charge in [0.05, 0.1) is 5.69 Å². The number of hydrogen-bond donors (Lipinski definition) is 3. The molecular weight excluding hydrogens is 206 g/mol. The van der Waals surface area contributed by atoms with Gasteiger partial charge in [-0.05, 0) is 13.8 Å². The van der Waals surface area contributed by atoms with Gasteiger partial charge in [-0.3, -0.25) is 9.89 Å². The molecule has 2 aromatic rings. The van der Waals surface area contributed by atoms with Crippen molar-refractivity contribution in [3.05, 3.63) is 35.2 Å². The lowest BCUT2D eigenvalue weighted by atomic mass is 10.2. The number of aromatic amines is 2. The number of carbonyl (C=O) groups is 1. The standard InChI is InChI=1S/C10H13N5O/c1-6-8(7(2)15-14-6)5-13-10(16)9-11-3-4-12-9/h3-4H,5H2,1-2H3,(H,11,12)(H,13,16)(H,14,15). The number of aryl methyl sites for hydroxylation is 2. The molecule has 0 aromatic carbocycles. The van der Waals surface area contributed by atoms with Gasteiger partial charge in [0, 0.05) is 30.2 Å². The third-order valence-electron chi connectivity index (χ3n) is 2.42. The number of hydrogen-bond acceptors (Lipinski definition) is 3. The molecule has 6 nitrogen and oxygen atoms in total. The number of nitrogens with one attached hydrogen (secondary N) is 3. The van der Waals surface area contributed by atoms with E-state index in [-0.39, 0.29) is 5.91 Å². The zero-order chi connectivity index (χ0) is 11.5. The molecule has 3 N–H and O–H groups in total. The highest BCUT2D eigenvalue weighted by Gasteiger charge is 2.10. The van der Waals surface area contributed by atoms with Gasteiger partial charge in [-0.25, -0.2) is 4.98 Å². The van der Waals surface area contributed by atoms with Crippen LogP contribution in [-0.4, -0.2) is 26.1 Å². The molecule has 0 aliphatic rings. The van der Waals surface area contributed by atoms with E-state index in [1.165, 1.54) is 0 Å². The number of nitrogens with zero attached hydrogens (tertiary/aromatic N) is 2. The summed E-state index contributed by atoms with van der Waals surface area (Å²) in [6.07, 6.45) is 3.16. The van der Waals surface area contributed by atoms with E-state index in [4.69, 9.17) is 0 Å². The van der Waals surface area contributed by atoms with Crippen LogP contribution in [0.15, 0.2) is 12.4 Å². The molecule has 0 bridgehead atoms. The molecule has 6 heteroatoms. The second-order valence-corrected chi connectivity index (χ2v) is 3.53. The number of amides is 1. The summed E-state index contributed by atoms with van der Waals surface area (Å²) >= 11 is 0. The van der Waals surface area contributed by atoms with Crippen LogP contribution in [-0.2, 0) is 6.54 Å². The molecule has 0 saturated heterocycles. The summed E-state index contributed by atoms with van der Waals surface area (Å²) in [4.78, 5) is 18.2. The number of imidazole rings is 1. The maximum absolute atomic E-state index is 11.6. The Kier molecular flexibility index (Phi) is 2.72. The van der Waals surface area contributed by atoms with Crippen molar-refractivity contribution in [3.63, 3.8) is 0 Å². The molecule has 0 aliphatic heterocycles. The lowest BCUT2D eigenvalue weighted by Crippen LogP contribution is -2.24. The van der Waals surface area contributed by atoms with Crippen LogP contribution in [0, 0.1) is 13.8 Å². The predicted octanol–water partition coefficient (Wildman–Crippen LogP) is 0.680. The molecule has 2 heterocycles. The summed E-state index contributed by atoms with van der Waals surface area (Å²) in [7, 11) is 0. The Bertz CT molecular complexity index is 466. The highest BCUT2D eigenvalue weighted by Crippen LogP contribution is 2.08. The van der Waals surface area contributed by atoms with Crippen molar-refractivity contribution in [3.8, 4) is 0 Å². The fraction of sp³-hybridized carbons (Fsp3) is 0.300. The highest BCUT2D eigenvalue weighted by atomic mass is 16.2. The molecule has 84 valence electrons. The van der Waals surface area contributed by atoms with Crippen molar-refractivity contribution >= 4 is 5.91 Å². The van der Waals surface area contributed by atoms with Gasteiger partial charge < -0.3 is 10.3 Å². The first-order valence-corrected chi connectivity index (χ1v) is 4.96. The fourth-order valence-corrected chi connectivity index (χ4v) is 1.48. The van der Waals surface area contributed by atoms with Gasteiger partial charge in [-0.2, -0.15) is 5.10 Å². The molecule has 0 radical (unpaired) electrons. The second kappa shape index (κ2) is 4.18. The summed E-state index contributed by atoms with van der Waals surface area (Å²) in [6.45, 7) is 4.28. The first kappa shape index (κ1) is 10.4. The van der Waals surface area contributed by atoms with Crippen LogP contribution in [0.4, 0.5) is 0 Å². The maximum atomic E-state index is 11.6. The summed E-state index contributed by atoms with van der Waals surface area (Å²) in [5.41, 5.74) is 2.88. The van der Waals surface area contributed by atoms with Crippen LogP contribution in [0.25, 0.3) is 0 Å². The van der Waals surface area contributed by atoms with Crippen molar-refractivity contribution in [1.29, 1.82) is 0 Å². The lowest BCUT2D eigenvalue weighted by molar-refractivity contribution is 0.0941. The molecule has 1 amide bonds. The van der Waals surface area contributed by atoms with Crippen LogP contribution in [0.2, 0.25) is 0 Å². The van der Waals surface area contributed by atoms with E-state index in [9.17, 15) is 4.79 Å². The summed E-state index contributed by atoms with van der Waals surface area (Å²) in [5.74, 6) is 0.101. The van der Waals surface area contributed by atoms with Crippen molar-refractivity contribution in [2.75, 3.05) is 0 Å². The lowest BCUT2D eigenvalue weighted by Gasteiger charge is -2.03.